The highest BCUT2D eigenvalue weighted by Crippen LogP contribution is 2.33. The SMILES string of the molecule is CCc1cc2c(SC(C)C(=O)NCCOc3ccc(OC)cc3)nc(C)nc2s1. The van der Waals surface area contributed by atoms with E-state index in [0.29, 0.717) is 13.2 Å². The molecule has 6 nitrogen and oxygen atoms in total. The number of aromatic nitrogens is 2. The normalized spacial score (nSPS) is 12.0. The van der Waals surface area contributed by atoms with E-state index in [-0.39, 0.29) is 11.2 Å². The fourth-order valence-corrected chi connectivity index (χ4v) is 4.76. The average molecular weight is 432 g/mol. The summed E-state index contributed by atoms with van der Waals surface area (Å²) >= 11 is 3.16. The molecule has 3 aromatic rings. The fraction of sp³-hybridized carbons (Fsp3) is 0.381. The minimum absolute atomic E-state index is 0.0382. The number of nitrogens with zero attached hydrogens (tertiary/aromatic N) is 2. The Morgan fingerprint density at radius 3 is 2.66 bits per heavy atom. The summed E-state index contributed by atoms with van der Waals surface area (Å²) in [5.41, 5.74) is 0. The molecular formula is C21H25N3O3S2. The number of nitrogens with one attached hydrogen (secondary N) is 1. The van der Waals surface area contributed by atoms with Crippen molar-refractivity contribution in [3.63, 3.8) is 0 Å². The summed E-state index contributed by atoms with van der Waals surface area (Å²) in [6.45, 7) is 6.74. The minimum Gasteiger partial charge on any atom is -0.497 e. The Kier molecular flexibility index (Phi) is 7.33. The molecule has 0 saturated heterocycles. The van der Waals surface area contributed by atoms with Crippen molar-refractivity contribution in [2.24, 2.45) is 0 Å². The van der Waals surface area contributed by atoms with Gasteiger partial charge in [-0.3, -0.25) is 4.79 Å². The molecule has 1 atom stereocenters. The van der Waals surface area contributed by atoms with Crippen molar-refractivity contribution in [2.45, 2.75) is 37.5 Å². The van der Waals surface area contributed by atoms with Crippen LogP contribution in [0.25, 0.3) is 10.2 Å². The first-order chi connectivity index (χ1) is 14.0. The number of aryl methyl sites for hydroxylation is 2. The smallest absolute Gasteiger partial charge is 0.233 e. The number of hydrogen-bond donors (Lipinski definition) is 1. The van der Waals surface area contributed by atoms with E-state index in [1.807, 2.05) is 38.1 Å². The molecule has 1 unspecified atom stereocenters. The number of hydrogen-bond acceptors (Lipinski definition) is 7. The standard InChI is InChI=1S/C21H25N3O3S2/c1-5-17-12-18-20(23-14(3)24-21(18)29-17)28-13(2)19(25)22-10-11-27-16-8-6-15(26-4)7-9-16/h6-9,12-13H,5,10-11H2,1-4H3,(H,22,25). The van der Waals surface area contributed by atoms with Crippen molar-refractivity contribution < 1.29 is 14.3 Å². The monoisotopic (exact) mass is 431 g/mol. The zero-order valence-electron chi connectivity index (χ0n) is 17.0. The molecule has 0 spiro atoms. The predicted octanol–water partition coefficient (Wildman–Crippen LogP) is 4.25. The van der Waals surface area contributed by atoms with E-state index in [2.05, 4.69) is 28.3 Å². The summed E-state index contributed by atoms with van der Waals surface area (Å²) in [6, 6.07) is 9.49. The number of benzene rings is 1. The highest BCUT2D eigenvalue weighted by molar-refractivity contribution is 8.00. The number of amides is 1. The maximum Gasteiger partial charge on any atom is 0.233 e. The average Bonchev–Trinajstić information content (AvgIpc) is 3.14. The second-order valence-corrected chi connectivity index (χ2v) is 8.88. The number of fused-ring (bicyclic) bond motifs is 1. The molecule has 154 valence electrons. The Balaban J connectivity index is 1.52. The third-order valence-electron chi connectivity index (χ3n) is 4.26. The largest absolute Gasteiger partial charge is 0.497 e. The van der Waals surface area contributed by atoms with Crippen LogP contribution >= 0.6 is 23.1 Å². The van der Waals surface area contributed by atoms with Gasteiger partial charge in [-0.2, -0.15) is 0 Å². The van der Waals surface area contributed by atoms with Crippen molar-refractivity contribution in [1.82, 2.24) is 15.3 Å². The van der Waals surface area contributed by atoms with E-state index in [9.17, 15) is 4.79 Å². The molecule has 2 aromatic heterocycles. The Bertz CT molecular complexity index is 973. The summed E-state index contributed by atoms with van der Waals surface area (Å²) in [5, 5.41) is 4.55. The second-order valence-electron chi connectivity index (χ2n) is 6.44. The molecule has 0 saturated carbocycles. The molecule has 1 amide bonds. The number of thioether (sulfide) groups is 1. The Morgan fingerprint density at radius 2 is 1.97 bits per heavy atom. The van der Waals surface area contributed by atoms with Crippen LogP contribution in [0.15, 0.2) is 35.4 Å². The van der Waals surface area contributed by atoms with Gasteiger partial charge in [0.25, 0.3) is 0 Å². The van der Waals surface area contributed by atoms with Crippen LogP contribution in [0.3, 0.4) is 0 Å². The zero-order valence-corrected chi connectivity index (χ0v) is 18.7. The second kappa shape index (κ2) is 9.93. The fourth-order valence-electron chi connectivity index (χ4n) is 2.69. The molecule has 0 aliphatic carbocycles. The number of carbonyl (C=O) groups excluding carboxylic acids is 1. The number of thiophene rings is 1. The van der Waals surface area contributed by atoms with Gasteiger partial charge in [-0.25, -0.2) is 9.97 Å². The first kappa shape index (κ1) is 21.4. The lowest BCUT2D eigenvalue weighted by atomic mass is 10.3. The van der Waals surface area contributed by atoms with Crippen LogP contribution in [0.1, 0.15) is 24.5 Å². The van der Waals surface area contributed by atoms with Crippen LogP contribution in [0, 0.1) is 6.92 Å². The highest BCUT2D eigenvalue weighted by atomic mass is 32.2. The molecule has 0 aliphatic heterocycles. The third-order valence-corrected chi connectivity index (χ3v) is 6.53. The molecule has 29 heavy (non-hydrogen) atoms. The molecule has 0 aliphatic rings. The van der Waals surface area contributed by atoms with Gasteiger partial charge in [0.2, 0.25) is 5.91 Å². The van der Waals surface area contributed by atoms with Gasteiger partial charge in [0.05, 0.1) is 18.9 Å². The Hall–Kier alpha value is -2.32. The molecule has 1 aromatic carbocycles. The van der Waals surface area contributed by atoms with Gasteiger partial charge in [0.15, 0.2) is 0 Å². The molecule has 8 heteroatoms. The number of rotatable bonds is 9. The maximum absolute atomic E-state index is 12.5. The van der Waals surface area contributed by atoms with Crippen LogP contribution in [0.4, 0.5) is 0 Å². The lowest BCUT2D eigenvalue weighted by molar-refractivity contribution is -0.120. The van der Waals surface area contributed by atoms with E-state index < -0.39 is 0 Å². The molecule has 0 radical (unpaired) electrons. The van der Waals surface area contributed by atoms with Crippen LogP contribution in [-0.4, -0.2) is 41.4 Å². The van der Waals surface area contributed by atoms with E-state index in [1.165, 1.54) is 16.6 Å². The molecule has 1 N–H and O–H groups in total. The molecule has 0 fully saturated rings. The van der Waals surface area contributed by atoms with Crippen LogP contribution in [0.5, 0.6) is 11.5 Å². The van der Waals surface area contributed by atoms with Crippen LogP contribution in [0.2, 0.25) is 0 Å². The predicted molar refractivity (Wildman–Crippen MR) is 118 cm³/mol. The third kappa shape index (κ3) is 5.61. The van der Waals surface area contributed by atoms with E-state index in [0.717, 1.165) is 39.0 Å². The summed E-state index contributed by atoms with van der Waals surface area (Å²) in [6.07, 6.45) is 0.967. The van der Waals surface area contributed by atoms with Crippen molar-refractivity contribution in [3.8, 4) is 11.5 Å². The lowest BCUT2D eigenvalue weighted by Gasteiger charge is -2.13. The summed E-state index contributed by atoms with van der Waals surface area (Å²) < 4.78 is 10.8. The number of methoxy groups -OCH3 is 1. The Labute approximate surface area is 179 Å². The van der Waals surface area contributed by atoms with Crippen molar-refractivity contribution in [1.29, 1.82) is 0 Å². The van der Waals surface area contributed by atoms with Gasteiger partial charge in [-0.1, -0.05) is 18.7 Å². The summed E-state index contributed by atoms with van der Waals surface area (Å²) in [4.78, 5) is 23.8. The van der Waals surface area contributed by atoms with E-state index in [1.54, 1.807) is 18.4 Å². The topological polar surface area (TPSA) is 73.3 Å². The van der Waals surface area contributed by atoms with Crippen LogP contribution in [-0.2, 0) is 11.2 Å². The maximum atomic E-state index is 12.5. The number of ether oxygens (including phenoxy) is 2. The summed E-state index contributed by atoms with van der Waals surface area (Å²) in [5.74, 6) is 2.21. The van der Waals surface area contributed by atoms with Gasteiger partial charge >= 0.3 is 0 Å². The lowest BCUT2D eigenvalue weighted by Crippen LogP contribution is -2.34. The van der Waals surface area contributed by atoms with Gasteiger partial charge in [-0.05, 0) is 50.6 Å². The van der Waals surface area contributed by atoms with E-state index >= 15 is 0 Å². The van der Waals surface area contributed by atoms with Crippen molar-refractivity contribution in [2.75, 3.05) is 20.3 Å². The Morgan fingerprint density at radius 1 is 1.24 bits per heavy atom. The zero-order chi connectivity index (χ0) is 20.8. The van der Waals surface area contributed by atoms with E-state index in [4.69, 9.17) is 9.47 Å². The highest BCUT2D eigenvalue weighted by Gasteiger charge is 2.18. The molecule has 0 bridgehead atoms. The van der Waals surface area contributed by atoms with Crippen molar-refractivity contribution >= 4 is 39.2 Å². The van der Waals surface area contributed by atoms with Gasteiger partial charge in [0.1, 0.15) is 33.8 Å². The van der Waals surface area contributed by atoms with Crippen molar-refractivity contribution in [3.05, 3.63) is 41.0 Å². The number of carbonyl (C=O) groups is 1. The minimum atomic E-state index is -0.265. The summed E-state index contributed by atoms with van der Waals surface area (Å²) in [7, 11) is 1.62. The van der Waals surface area contributed by atoms with Gasteiger partial charge in [-0.15, -0.1) is 11.3 Å². The molecule has 2 heterocycles. The van der Waals surface area contributed by atoms with Gasteiger partial charge < -0.3 is 14.8 Å². The first-order valence-corrected chi connectivity index (χ1v) is 11.2. The quantitative estimate of drug-likeness (QED) is 0.310. The molecule has 3 rings (SSSR count). The van der Waals surface area contributed by atoms with Crippen LogP contribution < -0.4 is 14.8 Å². The molecular weight excluding hydrogens is 406 g/mol. The first-order valence-electron chi connectivity index (χ1n) is 9.48. The van der Waals surface area contributed by atoms with Gasteiger partial charge in [0, 0.05) is 10.3 Å².